The quantitative estimate of drug-likeness (QED) is 0.863. The number of hydrogen-bond acceptors (Lipinski definition) is 2. The number of halogens is 1. The highest BCUT2D eigenvalue weighted by molar-refractivity contribution is 9.10. The van der Waals surface area contributed by atoms with E-state index in [0.29, 0.717) is 17.0 Å². The first kappa shape index (κ1) is 16.5. The predicted octanol–water partition coefficient (Wildman–Crippen LogP) is 4.55. The van der Waals surface area contributed by atoms with Gasteiger partial charge in [-0.3, -0.25) is 4.90 Å². The van der Waals surface area contributed by atoms with Crippen molar-refractivity contribution in [2.24, 2.45) is 5.41 Å². The van der Waals surface area contributed by atoms with Crippen molar-refractivity contribution < 1.29 is 9.90 Å². The highest BCUT2D eigenvalue weighted by Gasteiger charge is 2.28. The molecule has 1 N–H and O–H groups in total. The Morgan fingerprint density at radius 3 is 2.52 bits per heavy atom. The fraction of sp³-hybridized carbons (Fsp3) is 0.588. The van der Waals surface area contributed by atoms with Gasteiger partial charge >= 0.3 is 5.97 Å². The van der Waals surface area contributed by atoms with Gasteiger partial charge in [0.25, 0.3) is 0 Å². The summed E-state index contributed by atoms with van der Waals surface area (Å²) in [5.41, 5.74) is 1.96. The molecule has 0 spiro atoms. The Labute approximate surface area is 135 Å². The minimum atomic E-state index is -0.884. The van der Waals surface area contributed by atoms with Gasteiger partial charge in [-0.1, -0.05) is 35.8 Å². The lowest BCUT2D eigenvalue weighted by Gasteiger charge is -2.38. The Morgan fingerprint density at radius 1 is 1.38 bits per heavy atom. The fourth-order valence-corrected chi connectivity index (χ4v) is 3.54. The summed E-state index contributed by atoms with van der Waals surface area (Å²) in [4.78, 5) is 13.4. The van der Waals surface area contributed by atoms with Crippen LogP contribution < -0.4 is 0 Å². The topological polar surface area (TPSA) is 40.5 Å². The molecule has 1 saturated carbocycles. The molecule has 0 atom stereocenters. The van der Waals surface area contributed by atoms with Crippen molar-refractivity contribution in [3.8, 4) is 0 Å². The van der Waals surface area contributed by atoms with Gasteiger partial charge in [-0.25, -0.2) is 4.79 Å². The smallest absolute Gasteiger partial charge is 0.335 e. The Bertz CT molecular complexity index is 518. The van der Waals surface area contributed by atoms with E-state index in [-0.39, 0.29) is 0 Å². The molecule has 0 unspecified atom stereocenters. The predicted molar refractivity (Wildman–Crippen MR) is 88.6 cm³/mol. The summed E-state index contributed by atoms with van der Waals surface area (Å²) in [6.07, 6.45) is 5.05. The molecule has 116 valence electrons. The van der Waals surface area contributed by atoms with Crippen LogP contribution in [0.4, 0.5) is 0 Å². The molecule has 4 heteroatoms. The molecule has 1 aliphatic rings. The highest BCUT2D eigenvalue weighted by atomic mass is 79.9. The van der Waals surface area contributed by atoms with E-state index >= 15 is 0 Å². The fourth-order valence-electron chi connectivity index (χ4n) is 3.03. The van der Waals surface area contributed by atoms with Crippen LogP contribution in [-0.4, -0.2) is 29.1 Å². The molecule has 1 fully saturated rings. The van der Waals surface area contributed by atoms with Crippen molar-refractivity contribution in [1.82, 2.24) is 4.90 Å². The number of carboxylic acids is 1. The van der Waals surface area contributed by atoms with Gasteiger partial charge in [0, 0.05) is 17.1 Å². The van der Waals surface area contributed by atoms with E-state index in [0.717, 1.165) is 16.6 Å². The SMILES string of the molecule is CN(Cc1ccc(C(=O)O)cc1Br)C1CCC(C)(C)CC1. The molecule has 21 heavy (non-hydrogen) atoms. The lowest BCUT2D eigenvalue weighted by Crippen LogP contribution is -2.36. The van der Waals surface area contributed by atoms with E-state index in [1.165, 1.54) is 25.7 Å². The zero-order chi connectivity index (χ0) is 15.6. The first-order valence-electron chi connectivity index (χ1n) is 7.50. The van der Waals surface area contributed by atoms with Crippen LogP contribution in [-0.2, 0) is 6.54 Å². The Kier molecular flexibility index (Phi) is 5.10. The van der Waals surface area contributed by atoms with E-state index in [1.807, 2.05) is 6.07 Å². The number of carbonyl (C=O) groups is 1. The van der Waals surface area contributed by atoms with Crippen LogP contribution in [0.25, 0.3) is 0 Å². The molecule has 1 aliphatic carbocycles. The summed E-state index contributed by atoms with van der Waals surface area (Å²) >= 11 is 3.50. The molecule has 0 saturated heterocycles. The zero-order valence-corrected chi connectivity index (χ0v) is 14.6. The summed E-state index contributed by atoms with van der Waals surface area (Å²) < 4.78 is 0.880. The molecule has 0 aromatic heterocycles. The van der Waals surface area contributed by atoms with Crippen LogP contribution in [0.3, 0.4) is 0 Å². The molecule has 0 aliphatic heterocycles. The number of hydrogen-bond donors (Lipinski definition) is 1. The van der Waals surface area contributed by atoms with Crippen LogP contribution in [0.15, 0.2) is 22.7 Å². The van der Waals surface area contributed by atoms with Crippen molar-refractivity contribution in [3.05, 3.63) is 33.8 Å². The van der Waals surface area contributed by atoms with Gasteiger partial charge < -0.3 is 5.11 Å². The number of rotatable bonds is 4. The second-order valence-electron chi connectivity index (χ2n) is 6.92. The first-order chi connectivity index (χ1) is 9.78. The molecular formula is C17H24BrNO2. The standard InChI is InChI=1S/C17H24BrNO2/c1-17(2)8-6-14(7-9-17)19(3)11-13-5-4-12(16(20)21)10-15(13)18/h4-5,10,14H,6-9,11H2,1-3H3,(H,20,21). The number of carboxylic acid groups (broad SMARTS) is 1. The number of benzene rings is 1. The summed E-state index contributed by atoms with van der Waals surface area (Å²) in [6.45, 7) is 5.56. The monoisotopic (exact) mass is 353 g/mol. The third-order valence-electron chi connectivity index (χ3n) is 4.65. The Balaban J connectivity index is 2.00. The molecule has 0 radical (unpaired) electrons. The van der Waals surface area contributed by atoms with Gasteiger partial charge in [-0.05, 0) is 55.8 Å². The van der Waals surface area contributed by atoms with E-state index in [9.17, 15) is 4.79 Å². The summed E-state index contributed by atoms with van der Waals surface area (Å²) in [6, 6.07) is 5.91. The molecule has 3 nitrogen and oxygen atoms in total. The van der Waals surface area contributed by atoms with Crippen molar-refractivity contribution in [2.45, 2.75) is 52.1 Å². The van der Waals surface area contributed by atoms with Crippen LogP contribution in [0.2, 0.25) is 0 Å². The van der Waals surface area contributed by atoms with Crippen molar-refractivity contribution in [3.63, 3.8) is 0 Å². The zero-order valence-electron chi connectivity index (χ0n) is 13.0. The van der Waals surface area contributed by atoms with Gasteiger partial charge in [0.05, 0.1) is 5.56 Å². The van der Waals surface area contributed by atoms with Gasteiger partial charge in [-0.15, -0.1) is 0 Å². The molecule has 2 rings (SSSR count). The second-order valence-corrected chi connectivity index (χ2v) is 7.78. The minimum Gasteiger partial charge on any atom is -0.478 e. The average molecular weight is 354 g/mol. The lowest BCUT2D eigenvalue weighted by molar-refractivity contribution is 0.0696. The number of aromatic carboxylic acids is 1. The normalized spacial score (nSPS) is 18.9. The van der Waals surface area contributed by atoms with Crippen molar-refractivity contribution >= 4 is 21.9 Å². The third-order valence-corrected chi connectivity index (χ3v) is 5.39. The maximum Gasteiger partial charge on any atom is 0.335 e. The lowest BCUT2D eigenvalue weighted by atomic mass is 9.75. The van der Waals surface area contributed by atoms with E-state index in [2.05, 4.69) is 41.7 Å². The maximum absolute atomic E-state index is 11.0. The van der Waals surface area contributed by atoms with Crippen LogP contribution in [0, 0.1) is 5.41 Å². The minimum absolute atomic E-state index is 0.327. The molecule has 0 bridgehead atoms. The molecule has 0 amide bonds. The summed E-state index contributed by atoms with van der Waals surface area (Å²) in [5, 5.41) is 9.00. The van der Waals surface area contributed by atoms with Gasteiger partial charge in [-0.2, -0.15) is 0 Å². The van der Waals surface area contributed by atoms with Gasteiger partial charge in [0.2, 0.25) is 0 Å². The first-order valence-corrected chi connectivity index (χ1v) is 8.30. The Morgan fingerprint density at radius 2 is 2.00 bits per heavy atom. The second kappa shape index (κ2) is 6.49. The highest BCUT2D eigenvalue weighted by Crippen LogP contribution is 2.37. The van der Waals surface area contributed by atoms with E-state index < -0.39 is 5.97 Å². The Hall–Kier alpha value is -0.870. The van der Waals surface area contributed by atoms with Crippen LogP contribution in [0.1, 0.15) is 55.5 Å². The molecule has 1 aromatic carbocycles. The molecule has 0 heterocycles. The van der Waals surface area contributed by atoms with Crippen molar-refractivity contribution in [2.75, 3.05) is 7.05 Å². The molecule has 1 aromatic rings. The van der Waals surface area contributed by atoms with E-state index in [1.54, 1.807) is 12.1 Å². The van der Waals surface area contributed by atoms with Crippen molar-refractivity contribution in [1.29, 1.82) is 0 Å². The van der Waals surface area contributed by atoms with Gasteiger partial charge in [0.1, 0.15) is 0 Å². The van der Waals surface area contributed by atoms with Gasteiger partial charge in [0.15, 0.2) is 0 Å². The average Bonchev–Trinajstić information content (AvgIpc) is 2.40. The maximum atomic E-state index is 11.0. The molecular weight excluding hydrogens is 330 g/mol. The summed E-state index contributed by atoms with van der Waals surface area (Å²) in [7, 11) is 2.17. The van der Waals surface area contributed by atoms with E-state index in [4.69, 9.17) is 5.11 Å². The number of nitrogens with zero attached hydrogens (tertiary/aromatic N) is 1. The summed E-state index contributed by atoms with van der Waals surface area (Å²) in [5.74, 6) is -0.884. The van der Waals surface area contributed by atoms with Crippen LogP contribution >= 0.6 is 15.9 Å². The third kappa shape index (κ3) is 4.30. The van der Waals surface area contributed by atoms with Crippen LogP contribution in [0.5, 0.6) is 0 Å². The largest absolute Gasteiger partial charge is 0.478 e.